The van der Waals surface area contributed by atoms with Crippen molar-refractivity contribution in [3.63, 3.8) is 0 Å². The maximum absolute atomic E-state index is 15.0. The van der Waals surface area contributed by atoms with E-state index in [1.165, 1.54) is 54.6 Å². The van der Waals surface area contributed by atoms with Crippen molar-refractivity contribution in [2.75, 3.05) is 9.80 Å². The van der Waals surface area contributed by atoms with E-state index in [0.29, 0.717) is 9.37 Å². The molecule has 2 amide bonds. The summed E-state index contributed by atoms with van der Waals surface area (Å²) >= 11 is 3.24. The maximum atomic E-state index is 15.0. The van der Waals surface area contributed by atoms with E-state index in [0.717, 1.165) is 30.0 Å². The number of hydrogen-bond donors (Lipinski definition) is 0. The van der Waals surface area contributed by atoms with E-state index in [4.69, 9.17) is 5.26 Å². The highest BCUT2D eigenvalue weighted by atomic mass is 79.9. The molecule has 0 bridgehead atoms. The van der Waals surface area contributed by atoms with Crippen LogP contribution in [0.1, 0.15) is 24.1 Å². The molecule has 5 nitrogen and oxygen atoms in total. The van der Waals surface area contributed by atoms with Crippen LogP contribution in [0.15, 0.2) is 77.3 Å². The Kier molecular flexibility index (Phi) is 6.62. The van der Waals surface area contributed by atoms with E-state index in [2.05, 4.69) is 20.7 Å². The van der Waals surface area contributed by atoms with Gasteiger partial charge in [0.2, 0.25) is 0 Å². The molecule has 3 aromatic rings. The molecule has 0 saturated carbocycles. The van der Waals surface area contributed by atoms with Gasteiger partial charge in [0, 0.05) is 15.8 Å². The number of ether oxygens (including phenoxy) is 1. The van der Waals surface area contributed by atoms with Gasteiger partial charge < -0.3 is 4.74 Å². The summed E-state index contributed by atoms with van der Waals surface area (Å²) in [7, 11) is 0. The number of nitrogens with zero attached hydrogens (tertiary/aromatic N) is 3. The smallest absolute Gasteiger partial charge is 0.406 e. The molecule has 1 aliphatic heterocycles. The predicted molar refractivity (Wildman–Crippen MR) is 126 cm³/mol. The van der Waals surface area contributed by atoms with Gasteiger partial charge in [-0.2, -0.15) is 18.4 Å². The number of anilines is 2. The van der Waals surface area contributed by atoms with Crippen LogP contribution in [0.25, 0.3) is 0 Å². The van der Waals surface area contributed by atoms with E-state index in [1.54, 1.807) is 0 Å². The summed E-state index contributed by atoms with van der Waals surface area (Å²) in [6.45, 7) is 0.809. The average molecular weight is 584 g/mol. The van der Waals surface area contributed by atoms with Gasteiger partial charge in [0.1, 0.15) is 5.75 Å². The number of halogens is 7. The second kappa shape index (κ2) is 9.30. The second-order valence-corrected chi connectivity index (χ2v) is 9.21. The first kappa shape index (κ1) is 26.3. The van der Waals surface area contributed by atoms with Crippen molar-refractivity contribution < 1.29 is 35.9 Å². The van der Waals surface area contributed by atoms with Crippen molar-refractivity contribution >= 4 is 33.3 Å². The zero-order valence-corrected chi connectivity index (χ0v) is 20.4. The lowest BCUT2D eigenvalue weighted by atomic mass is 9.85. The zero-order valence-electron chi connectivity index (χ0n) is 18.8. The first-order valence-electron chi connectivity index (χ1n) is 10.6. The number of carbonyl (C=O) groups excluding carboxylic acids is 1. The van der Waals surface area contributed by atoms with Crippen LogP contribution in [0.3, 0.4) is 0 Å². The summed E-state index contributed by atoms with van der Waals surface area (Å²) in [5, 5.41) is 9.07. The third kappa shape index (κ3) is 4.83. The Morgan fingerprint density at radius 1 is 0.946 bits per heavy atom. The summed E-state index contributed by atoms with van der Waals surface area (Å²) in [6, 6.07) is 14.0. The molecule has 1 heterocycles. The molecule has 0 radical (unpaired) electrons. The van der Waals surface area contributed by atoms with Crippen LogP contribution in [-0.4, -0.2) is 24.1 Å². The van der Waals surface area contributed by atoms with Crippen LogP contribution in [0.2, 0.25) is 0 Å². The molecule has 4 rings (SSSR count). The van der Waals surface area contributed by atoms with E-state index in [1.807, 2.05) is 6.07 Å². The molecule has 0 aliphatic carbocycles. The van der Waals surface area contributed by atoms with Gasteiger partial charge in [0.05, 0.1) is 17.7 Å². The summed E-state index contributed by atoms with van der Waals surface area (Å²) in [4.78, 5) is 15.2. The lowest BCUT2D eigenvalue weighted by molar-refractivity contribution is -0.274. The molecule has 37 heavy (non-hydrogen) atoms. The largest absolute Gasteiger partial charge is 0.573 e. The van der Waals surface area contributed by atoms with Gasteiger partial charge in [0.15, 0.2) is 5.54 Å². The fraction of sp³-hybridized carbons (Fsp3) is 0.200. The topological polar surface area (TPSA) is 56.6 Å². The van der Waals surface area contributed by atoms with Crippen LogP contribution >= 0.6 is 15.9 Å². The minimum absolute atomic E-state index is 0.0898. The summed E-state index contributed by atoms with van der Waals surface area (Å²) in [6.07, 6.45) is -10.1. The lowest BCUT2D eigenvalue weighted by Gasteiger charge is -2.40. The molecule has 192 valence electrons. The minimum Gasteiger partial charge on any atom is -0.406 e. The van der Waals surface area contributed by atoms with Gasteiger partial charge in [-0.25, -0.2) is 4.79 Å². The van der Waals surface area contributed by atoms with Crippen molar-refractivity contribution in [2.24, 2.45) is 0 Å². The SMILES string of the molecule is C[C@@]1(C(F)(F)F)[C@H](c2cccc(OC(F)(F)F)c2)N(c2ccc(Br)cc2)C(=O)N1c1ccc(C#N)cc1. The Morgan fingerprint density at radius 2 is 1.54 bits per heavy atom. The molecule has 1 aliphatic rings. The Bertz CT molecular complexity index is 1350. The molecule has 1 saturated heterocycles. The monoisotopic (exact) mass is 583 g/mol. The molecule has 3 aromatic carbocycles. The van der Waals surface area contributed by atoms with Crippen molar-refractivity contribution in [3.8, 4) is 11.8 Å². The molecule has 12 heteroatoms. The van der Waals surface area contributed by atoms with Crippen LogP contribution in [0.5, 0.6) is 5.75 Å². The standard InChI is InChI=1S/C25H16BrF6N3O2/c1-23(24(27,28)29)21(16-3-2-4-20(13-16)37-25(30,31)32)34(18-11-7-17(26)8-12-18)22(36)35(23)19-9-5-15(14-33)6-10-19/h2-13,21H,1H3/t21-,23-/m0/s1. The first-order valence-corrected chi connectivity index (χ1v) is 11.4. The fourth-order valence-corrected chi connectivity index (χ4v) is 4.62. The second-order valence-electron chi connectivity index (χ2n) is 8.29. The number of carbonyl (C=O) groups is 1. The Labute approximate surface area is 215 Å². The molecule has 0 spiro atoms. The van der Waals surface area contributed by atoms with Gasteiger partial charge in [-0.3, -0.25) is 9.80 Å². The molecule has 0 unspecified atom stereocenters. The number of hydrogen-bond acceptors (Lipinski definition) is 3. The summed E-state index contributed by atoms with van der Waals surface area (Å²) in [5.41, 5.74) is -3.05. The number of alkyl halides is 6. The summed E-state index contributed by atoms with van der Waals surface area (Å²) < 4.78 is 88.1. The lowest BCUT2D eigenvalue weighted by Crippen LogP contribution is -2.57. The zero-order chi connectivity index (χ0) is 27.2. The van der Waals surface area contributed by atoms with Crippen molar-refractivity contribution in [1.82, 2.24) is 0 Å². The van der Waals surface area contributed by atoms with Gasteiger partial charge in [-0.05, 0) is 73.2 Å². The highest BCUT2D eigenvalue weighted by molar-refractivity contribution is 9.10. The normalized spacial score (nSPS) is 20.2. The number of amides is 2. The highest BCUT2D eigenvalue weighted by Crippen LogP contribution is 2.55. The molecular formula is C25H16BrF6N3O2. The van der Waals surface area contributed by atoms with Crippen molar-refractivity contribution in [3.05, 3.63) is 88.4 Å². The van der Waals surface area contributed by atoms with Crippen LogP contribution < -0.4 is 14.5 Å². The third-order valence-electron chi connectivity index (χ3n) is 5.99. The number of rotatable bonds is 4. The van der Waals surface area contributed by atoms with Crippen molar-refractivity contribution in [1.29, 1.82) is 5.26 Å². The van der Waals surface area contributed by atoms with E-state index < -0.39 is 35.9 Å². The van der Waals surface area contributed by atoms with Gasteiger partial charge in [-0.1, -0.05) is 28.1 Å². The molecular weight excluding hydrogens is 568 g/mol. The molecule has 0 N–H and O–H groups in total. The summed E-state index contributed by atoms with van der Waals surface area (Å²) in [5.74, 6) is -0.727. The molecule has 2 atom stereocenters. The maximum Gasteiger partial charge on any atom is 0.573 e. The van der Waals surface area contributed by atoms with Crippen LogP contribution in [0.4, 0.5) is 42.5 Å². The number of urea groups is 1. The first-order chi connectivity index (χ1) is 17.3. The Hall–Kier alpha value is -3.72. The predicted octanol–water partition coefficient (Wildman–Crippen LogP) is 7.73. The van der Waals surface area contributed by atoms with Gasteiger partial charge >= 0.3 is 18.6 Å². The van der Waals surface area contributed by atoms with Gasteiger partial charge in [0.25, 0.3) is 0 Å². The van der Waals surface area contributed by atoms with Crippen molar-refractivity contribution in [2.45, 2.75) is 31.0 Å². The van der Waals surface area contributed by atoms with Crippen LogP contribution in [0, 0.1) is 11.3 Å². The van der Waals surface area contributed by atoms with Gasteiger partial charge in [-0.15, -0.1) is 13.2 Å². The number of nitriles is 1. The Balaban J connectivity index is 1.97. The quantitative estimate of drug-likeness (QED) is 0.295. The Morgan fingerprint density at radius 3 is 2.08 bits per heavy atom. The van der Waals surface area contributed by atoms with E-state index in [-0.39, 0.29) is 22.5 Å². The molecule has 1 fully saturated rings. The highest BCUT2D eigenvalue weighted by Gasteiger charge is 2.69. The fourth-order valence-electron chi connectivity index (χ4n) is 4.35. The third-order valence-corrected chi connectivity index (χ3v) is 6.52. The van der Waals surface area contributed by atoms with E-state index in [9.17, 15) is 31.1 Å². The minimum atomic E-state index is -5.07. The molecule has 0 aromatic heterocycles. The number of benzene rings is 3. The van der Waals surface area contributed by atoms with Crippen LogP contribution in [-0.2, 0) is 0 Å². The average Bonchev–Trinajstić information content (AvgIpc) is 3.06. The van der Waals surface area contributed by atoms with E-state index >= 15 is 0 Å².